The smallest absolute Gasteiger partial charge is 0.243 e. The largest absolute Gasteiger partial charge is 0.497 e. The Morgan fingerprint density at radius 3 is 2.20 bits per heavy atom. The van der Waals surface area contributed by atoms with Crippen LogP contribution < -0.4 is 20.7 Å². The van der Waals surface area contributed by atoms with Crippen molar-refractivity contribution in [2.24, 2.45) is 0 Å². The SMILES string of the molecule is COc1ccc(C[C@H](NC(=O)CNC(=O)CN2CCOCC2)C(=O)N[C@@H](Cc2ccccc2)C(=O)[C@H]2CO2)cc1. The third-order valence-corrected chi connectivity index (χ3v) is 6.76. The summed E-state index contributed by atoms with van der Waals surface area (Å²) in [7, 11) is 1.56. The van der Waals surface area contributed by atoms with E-state index in [0.717, 1.165) is 11.1 Å². The molecule has 0 spiro atoms. The summed E-state index contributed by atoms with van der Waals surface area (Å²) in [6, 6.07) is 14.7. The zero-order valence-corrected chi connectivity index (χ0v) is 22.6. The summed E-state index contributed by atoms with van der Waals surface area (Å²) in [5.74, 6) is -0.845. The summed E-state index contributed by atoms with van der Waals surface area (Å²) in [6.07, 6.45) is -0.0630. The molecule has 2 heterocycles. The number of nitrogens with zero attached hydrogens (tertiary/aromatic N) is 1. The molecule has 3 amide bonds. The Hall–Kier alpha value is -3.80. The number of methoxy groups -OCH3 is 1. The topological polar surface area (TPSA) is 139 Å². The monoisotopic (exact) mass is 552 g/mol. The third-order valence-electron chi connectivity index (χ3n) is 6.76. The Balaban J connectivity index is 1.40. The molecule has 2 aromatic carbocycles. The predicted octanol–water partition coefficient (Wildman–Crippen LogP) is -0.134. The molecule has 0 unspecified atom stereocenters. The highest BCUT2D eigenvalue weighted by molar-refractivity contribution is 5.96. The molecular formula is C29H36N4O7. The first kappa shape index (κ1) is 29.2. The maximum atomic E-state index is 13.5. The van der Waals surface area contributed by atoms with Gasteiger partial charge in [-0.25, -0.2) is 0 Å². The second kappa shape index (κ2) is 14.5. The zero-order valence-electron chi connectivity index (χ0n) is 22.6. The van der Waals surface area contributed by atoms with Gasteiger partial charge in [-0.1, -0.05) is 42.5 Å². The number of epoxide rings is 1. The van der Waals surface area contributed by atoms with Crippen molar-refractivity contribution in [3.8, 4) is 5.75 Å². The Morgan fingerprint density at radius 2 is 1.55 bits per heavy atom. The van der Waals surface area contributed by atoms with Crippen molar-refractivity contribution in [2.75, 3.05) is 53.1 Å². The molecule has 4 rings (SSSR count). The lowest BCUT2D eigenvalue weighted by molar-refractivity contribution is -0.132. The van der Waals surface area contributed by atoms with Crippen LogP contribution in [0, 0.1) is 0 Å². The minimum absolute atomic E-state index is 0.166. The van der Waals surface area contributed by atoms with Crippen LogP contribution in [0.15, 0.2) is 54.6 Å². The van der Waals surface area contributed by atoms with E-state index in [2.05, 4.69) is 16.0 Å². The first-order valence-electron chi connectivity index (χ1n) is 13.4. The number of Topliss-reactive ketones (excluding diaryl/α,β-unsaturated/α-hetero) is 1. The lowest BCUT2D eigenvalue weighted by Gasteiger charge is -2.26. The Labute approximate surface area is 233 Å². The van der Waals surface area contributed by atoms with Gasteiger partial charge in [-0.3, -0.25) is 24.1 Å². The van der Waals surface area contributed by atoms with Crippen LogP contribution in [0.4, 0.5) is 0 Å². The first-order chi connectivity index (χ1) is 19.4. The van der Waals surface area contributed by atoms with E-state index in [9.17, 15) is 19.2 Å². The van der Waals surface area contributed by atoms with Gasteiger partial charge in [0.2, 0.25) is 17.7 Å². The second-order valence-corrected chi connectivity index (χ2v) is 9.81. The number of hydrogen-bond donors (Lipinski definition) is 3. The van der Waals surface area contributed by atoms with E-state index in [1.807, 2.05) is 35.2 Å². The lowest BCUT2D eigenvalue weighted by atomic mass is 9.99. The van der Waals surface area contributed by atoms with Crippen LogP contribution in [0.3, 0.4) is 0 Å². The Kier molecular flexibility index (Phi) is 10.6. The number of ether oxygens (including phenoxy) is 3. The van der Waals surface area contributed by atoms with Crippen LogP contribution in [-0.4, -0.2) is 99.7 Å². The van der Waals surface area contributed by atoms with Gasteiger partial charge in [-0.2, -0.15) is 0 Å². The van der Waals surface area contributed by atoms with Gasteiger partial charge >= 0.3 is 0 Å². The number of hydrogen-bond acceptors (Lipinski definition) is 8. The van der Waals surface area contributed by atoms with Gasteiger partial charge in [0.25, 0.3) is 0 Å². The molecular weight excluding hydrogens is 516 g/mol. The molecule has 0 aliphatic carbocycles. The predicted molar refractivity (Wildman–Crippen MR) is 146 cm³/mol. The first-order valence-corrected chi connectivity index (χ1v) is 13.4. The molecule has 0 aromatic heterocycles. The number of rotatable bonds is 14. The highest BCUT2D eigenvalue weighted by Gasteiger charge is 2.38. The van der Waals surface area contributed by atoms with E-state index in [-0.39, 0.29) is 31.2 Å². The number of ketones is 1. The molecule has 0 radical (unpaired) electrons. The fourth-order valence-corrected chi connectivity index (χ4v) is 4.43. The molecule has 0 saturated carbocycles. The molecule has 3 atom stereocenters. The molecule has 214 valence electrons. The number of nitrogens with one attached hydrogen (secondary N) is 3. The fourth-order valence-electron chi connectivity index (χ4n) is 4.43. The van der Waals surface area contributed by atoms with Crippen molar-refractivity contribution in [1.82, 2.24) is 20.9 Å². The van der Waals surface area contributed by atoms with Gasteiger partial charge in [0.1, 0.15) is 17.9 Å². The molecule has 3 N–H and O–H groups in total. The summed E-state index contributed by atoms with van der Waals surface area (Å²) in [4.78, 5) is 53.6. The standard InChI is InChI=1S/C29H36N4O7/c1-38-22-9-7-21(8-10-22)16-24(31-26(34)17-30-27(35)18-33-11-13-39-14-12-33)29(37)32-23(28(36)25-19-40-25)15-20-5-3-2-4-6-20/h2-10,23-25H,11-19H2,1H3,(H,30,35)(H,31,34)(H,32,37)/t23-,24-,25+/m0/s1. The molecule has 11 heteroatoms. The van der Waals surface area contributed by atoms with Crippen LogP contribution in [0.2, 0.25) is 0 Å². The van der Waals surface area contributed by atoms with Crippen molar-refractivity contribution >= 4 is 23.5 Å². The minimum Gasteiger partial charge on any atom is -0.497 e. The van der Waals surface area contributed by atoms with E-state index in [0.29, 0.717) is 45.1 Å². The maximum Gasteiger partial charge on any atom is 0.243 e. The summed E-state index contributed by atoms with van der Waals surface area (Å²) >= 11 is 0. The van der Waals surface area contributed by atoms with E-state index in [4.69, 9.17) is 14.2 Å². The molecule has 2 aromatic rings. The number of morpholine rings is 1. The van der Waals surface area contributed by atoms with Gasteiger partial charge in [-0.15, -0.1) is 0 Å². The number of benzene rings is 2. The van der Waals surface area contributed by atoms with Crippen molar-refractivity contribution < 1.29 is 33.4 Å². The summed E-state index contributed by atoms with van der Waals surface area (Å²) in [5.41, 5.74) is 1.68. The van der Waals surface area contributed by atoms with Crippen molar-refractivity contribution in [2.45, 2.75) is 31.0 Å². The quantitative estimate of drug-likeness (QED) is 0.276. The van der Waals surface area contributed by atoms with Crippen LogP contribution in [0.25, 0.3) is 0 Å². The van der Waals surface area contributed by atoms with Crippen molar-refractivity contribution in [3.05, 3.63) is 65.7 Å². The fraction of sp³-hybridized carbons (Fsp3) is 0.448. The summed E-state index contributed by atoms with van der Waals surface area (Å²) < 4.78 is 15.7. The molecule has 2 aliphatic rings. The number of carbonyl (C=O) groups excluding carboxylic acids is 4. The molecule has 2 saturated heterocycles. The van der Waals surface area contributed by atoms with E-state index in [1.165, 1.54) is 0 Å². The molecule has 40 heavy (non-hydrogen) atoms. The number of carbonyl (C=O) groups is 4. The van der Waals surface area contributed by atoms with Gasteiger partial charge in [-0.05, 0) is 29.7 Å². The lowest BCUT2D eigenvalue weighted by Crippen LogP contribution is -2.55. The number of amides is 3. The minimum atomic E-state index is -0.983. The van der Waals surface area contributed by atoms with Crippen molar-refractivity contribution in [1.29, 1.82) is 0 Å². The van der Waals surface area contributed by atoms with Crippen LogP contribution in [0.1, 0.15) is 11.1 Å². The maximum absolute atomic E-state index is 13.5. The molecule has 0 bridgehead atoms. The molecule has 2 fully saturated rings. The Bertz CT molecular complexity index is 1150. The zero-order chi connectivity index (χ0) is 28.3. The van der Waals surface area contributed by atoms with Crippen LogP contribution >= 0.6 is 0 Å². The third kappa shape index (κ3) is 9.15. The highest BCUT2D eigenvalue weighted by atomic mass is 16.6. The Morgan fingerprint density at radius 1 is 0.900 bits per heavy atom. The van der Waals surface area contributed by atoms with Crippen molar-refractivity contribution in [3.63, 3.8) is 0 Å². The average Bonchev–Trinajstić information content (AvgIpc) is 3.82. The van der Waals surface area contributed by atoms with Gasteiger partial charge in [0.15, 0.2) is 5.78 Å². The average molecular weight is 553 g/mol. The summed E-state index contributed by atoms with van der Waals surface area (Å²) in [6.45, 7) is 2.65. The van der Waals surface area contributed by atoms with Gasteiger partial charge in [0.05, 0.1) is 46.1 Å². The highest BCUT2D eigenvalue weighted by Crippen LogP contribution is 2.16. The second-order valence-electron chi connectivity index (χ2n) is 9.81. The van der Waals surface area contributed by atoms with E-state index < -0.39 is 30.0 Å². The van der Waals surface area contributed by atoms with E-state index in [1.54, 1.807) is 31.4 Å². The van der Waals surface area contributed by atoms with Crippen LogP contribution in [0.5, 0.6) is 5.75 Å². The molecule has 11 nitrogen and oxygen atoms in total. The van der Waals surface area contributed by atoms with Crippen LogP contribution in [-0.2, 0) is 41.5 Å². The van der Waals surface area contributed by atoms with E-state index >= 15 is 0 Å². The summed E-state index contributed by atoms with van der Waals surface area (Å²) in [5, 5.41) is 8.19. The normalized spacial score (nSPS) is 18.2. The van der Waals surface area contributed by atoms with Gasteiger partial charge in [0, 0.05) is 19.5 Å². The van der Waals surface area contributed by atoms with Gasteiger partial charge < -0.3 is 30.2 Å². The molecule has 2 aliphatic heterocycles.